The second kappa shape index (κ2) is 9.51. The van der Waals surface area contributed by atoms with Gasteiger partial charge in [0.25, 0.3) is 0 Å². The van der Waals surface area contributed by atoms with E-state index in [2.05, 4.69) is 50.2 Å². The van der Waals surface area contributed by atoms with Gasteiger partial charge < -0.3 is 4.90 Å². The topological polar surface area (TPSA) is 50.1 Å². The van der Waals surface area contributed by atoms with E-state index in [1.54, 1.807) is 12.1 Å². The summed E-state index contributed by atoms with van der Waals surface area (Å²) in [5.74, 6) is 0.806. The van der Waals surface area contributed by atoms with Gasteiger partial charge in [0, 0.05) is 74.9 Å². The quantitative estimate of drug-likeness (QED) is 0.349. The van der Waals surface area contributed by atoms with E-state index in [0.29, 0.717) is 0 Å². The van der Waals surface area contributed by atoms with Crippen molar-refractivity contribution in [2.45, 2.75) is 6.54 Å². The van der Waals surface area contributed by atoms with E-state index >= 15 is 0 Å². The van der Waals surface area contributed by atoms with Gasteiger partial charge in [-0.25, -0.2) is 9.37 Å². The molecule has 0 amide bonds. The summed E-state index contributed by atoms with van der Waals surface area (Å²) >= 11 is 0. The Labute approximate surface area is 209 Å². The third-order valence-electron chi connectivity index (χ3n) is 6.81. The number of aryl methyl sites for hydroxylation is 1. The first kappa shape index (κ1) is 22.4. The third-order valence-corrected chi connectivity index (χ3v) is 6.81. The smallest absolute Gasteiger partial charge is 0.128 e. The van der Waals surface area contributed by atoms with Crippen molar-refractivity contribution in [2.75, 3.05) is 31.1 Å². The zero-order chi connectivity index (χ0) is 24.5. The van der Waals surface area contributed by atoms with Crippen LogP contribution in [0.5, 0.6) is 0 Å². The van der Waals surface area contributed by atoms with Crippen LogP contribution in [0.15, 0.2) is 85.5 Å². The molecule has 6 nitrogen and oxygen atoms in total. The second-order valence-corrected chi connectivity index (χ2v) is 9.29. The van der Waals surface area contributed by atoms with E-state index in [1.807, 2.05) is 48.6 Å². The van der Waals surface area contributed by atoms with E-state index < -0.39 is 0 Å². The van der Waals surface area contributed by atoms with Gasteiger partial charge in [-0.05, 0) is 59.2 Å². The van der Waals surface area contributed by atoms with Gasteiger partial charge in [0.15, 0.2) is 0 Å². The lowest BCUT2D eigenvalue weighted by molar-refractivity contribution is 0.249. The normalized spacial score (nSPS) is 14.4. The molecule has 0 radical (unpaired) electrons. The van der Waals surface area contributed by atoms with Crippen molar-refractivity contribution in [1.82, 2.24) is 24.6 Å². The molecule has 7 heteroatoms. The van der Waals surface area contributed by atoms with Crippen LogP contribution in [0.1, 0.15) is 5.56 Å². The lowest BCUT2D eigenvalue weighted by Crippen LogP contribution is -2.46. The van der Waals surface area contributed by atoms with Crippen molar-refractivity contribution < 1.29 is 4.39 Å². The summed E-state index contributed by atoms with van der Waals surface area (Å²) in [7, 11) is 1.92. The number of halogens is 1. The van der Waals surface area contributed by atoms with Gasteiger partial charge in [0.2, 0.25) is 0 Å². The van der Waals surface area contributed by atoms with Gasteiger partial charge in [-0.3, -0.25) is 14.6 Å². The van der Waals surface area contributed by atoms with Crippen molar-refractivity contribution in [1.29, 1.82) is 0 Å². The average molecular weight is 479 g/mol. The summed E-state index contributed by atoms with van der Waals surface area (Å²) in [6.07, 6.45) is 7.68. The fourth-order valence-electron chi connectivity index (χ4n) is 4.92. The van der Waals surface area contributed by atoms with Crippen LogP contribution in [-0.4, -0.2) is 50.8 Å². The highest BCUT2D eigenvalue weighted by atomic mass is 19.1. The first-order chi connectivity index (χ1) is 17.6. The number of pyridine rings is 2. The molecule has 4 heterocycles. The van der Waals surface area contributed by atoms with Gasteiger partial charge in [0.05, 0.1) is 11.7 Å². The molecule has 0 bridgehead atoms. The number of benzene rings is 2. The molecular formula is C29H27FN6. The predicted octanol–water partition coefficient (Wildman–Crippen LogP) is 5.16. The SMILES string of the molecule is Cn1cc(-c2cc(-c3ccc(N4CCN(Cc5cccc(F)c5)CC4)nc3)c3cccnc3c2)cn1. The number of anilines is 1. The lowest BCUT2D eigenvalue weighted by atomic mass is 9.97. The monoisotopic (exact) mass is 478 g/mol. The standard InChI is InChI=1S/C29H27FN6/c1-34-20-24(18-33-34)23-15-27(26-6-3-9-31-28(26)16-23)22-7-8-29(32-17-22)36-12-10-35(11-13-36)19-21-4-2-5-25(30)14-21/h2-9,14-18,20H,10-13,19H2,1H3. The number of fused-ring (bicyclic) bond motifs is 1. The van der Waals surface area contributed by atoms with E-state index in [9.17, 15) is 4.39 Å². The Hall–Kier alpha value is -4.10. The van der Waals surface area contributed by atoms with E-state index in [0.717, 1.165) is 77.3 Å². The van der Waals surface area contributed by atoms with Crippen molar-refractivity contribution in [3.05, 3.63) is 96.8 Å². The summed E-state index contributed by atoms with van der Waals surface area (Å²) in [5.41, 5.74) is 6.29. The zero-order valence-corrected chi connectivity index (χ0v) is 20.2. The zero-order valence-electron chi connectivity index (χ0n) is 20.2. The molecule has 0 saturated carbocycles. The van der Waals surface area contributed by atoms with Crippen LogP contribution in [0.25, 0.3) is 33.2 Å². The molecule has 1 saturated heterocycles. The van der Waals surface area contributed by atoms with Crippen LogP contribution in [0, 0.1) is 5.82 Å². The van der Waals surface area contributed by atoms with Crippen molar-refractivity contribution in [3.8, 4) is 22.3 Å². The van der Waals surface area contributed by atoms with Crippen LogP contribution in [0.3, 0.4) is 0 Å². The van der Waals surface area contributed by atoms with Crippen LogP contribution in [0.2, 0.25) is 0 Å². The molecule has 0 spiro atoms. The van der Waals surface area contributed by atoms with Crippen molar-refractivity contribution >= 4 is 16.7 Å². The Kier molecular flexibility index (Phi) is 5.91. The second-order valence-electron chi connectivity index (χ2n) is 9.29. The Balaban J connectivity index is 1.21. The highest BCUT2D eigenvalue weighted by Crippen LogP contribution is 2.33. The highest BCUT2D eigenvalue weighted by molar-refractivity contribution is 5.98. The maximum absolute atomic E-state index is 13.5. The Morgan fingerprint density at radius 1 is 0.833 bits per heavy atom. The van der Waals surface area contributed by atoms with Crippen molar-refractivity contribution in [2.24, 2.45) is 7.05 Å². The Morgan fingerprint density at radius 2 is 1.72 bits per heavy atom. The molecule has 180 valence electrons. The van der Waals surface area contributed by atoms with Gasteiger partial charge in [-0.1, -0.05) is 18.2 Å². The molecule has 3 aromatic heterocycles. The fourth-order valence-corrected chi connectivity index (χ4v) is 4.92. The summed E-state index contributed by atoms with van der Waals surface area (Å²) < 4.78 is 15.3. The molecule has 0 unspecified atom stereocenters. The molecule has 1 aliphatic rings. The van der Waals surface area contributed by atoms with Crippen LogP contribution < -0.4 is 4.90 Å². The number of rotatable bonds is 5. The fraction of sp³-hybridized carbons (Fsp3) is 0.207. The van der Waals surface area contributed by atoms with Gasteiger partial charge >= 0.3 is 0 Å². The van der Waals surface area contributed by atoms with Crippen LogP contribution >= 0.6 is 0 Å². The maximum Gasteiger partial charge on any atom is 0.128 e. The van der Waals surface area contributed by atoms with Gasteiger partial charge in [-0.2, -0.15) is 5.10 Å². The molecule has 0 atom stereocenters. The molecular weight excluding hydrogens is 451 g/mol. The molecule has 36 heavy (non-hydrogen) atoms. The van der Waals surface area contributed by atoms with E-state index in [4.69, 9.17) is 4.98 Å². The molecule has 1 fully saturated rings. The van der Waals surface area contributed by atoms with E-state index in [-0.39, 0.29) is 5.82 Å². The number of nitrogens with zero attached hydrogens (tertiary/aromatic N) is 6. The van der Waals surface area contributed by atoms with E-state index in [1.165, 1.54) is 6.07 Å². The molecule has 0 aliphatic carbocycles. The summed E-state index contributed by atoms with van der Waals surface area (Å²) in [6, 6.07) is 19.5. The highest BCUT2D eigenvalue weighted by Gasteiger charge is 2.19. The largest absolute Gasteiger partial charge is 0.354 e. The Morgan fingerprint density at radius 3 is 2.47 bits per heavy atom. The molecule has 1 aliphatic heterocycles. The number of hydrogen-bond donors (Lipinski definition) is 0. The van der Waals surface area contributed by atoms with Gasteiger partial charge in [0.1, 0.15) is 11.6 Å². The Bertz CT molecular complexity index is 1500. The first-order valence-electron chi connectivity index (χ1n) is 12.2. The summed E-state index contributed by atoms with van der Waals surface area (Å²) in [4.78, 5) is 14.1. The third kappa shape index (κ3) is 4.57. The minimum atomic E-state index is -0.176. The average Bonchev–Trinajstić information content (AvgIpc) is 3.35. The lowest BCUT2D eigenvalue weighted by Gasteiger charge is -2.35. The number of piperazine rings is 1. The number of aromatic nitrogens is 4. The molecule has 6 rings (SSSR count). The summed E-state index contributed by atoms with van der Waals surface area (Å²) in [5, 5.41) is 5.43. The van der Waals surface area contributed by atoms with Gasteiger partial charge in [-0.15, -0.1) is 0 Å². The molecule has 0 N–H and O–H groups in total. The van der Waals surface area contributed by atoms with Crippen LogP contribution in [-0.2, 0) is 13.6 Å². The predicted molar refractivity (Wildman–Crippen MR) is 141 cm³/mol. The molecule has 2 aromatic carbocycles. The molecule has 5 aromatic rings. The first-order valence-corrected chi connectivity index (χ1v) is 12.2. The van der Waals surface area contributed by atoms with Crippen molar-refractivity contribution in [3.63, 3.8) is 0 Å². The maximum atomic E-state index is 13.5. The minimum absolute atomic E-state index is 0.176. The van der Waals surface area contributed by atoms with Crippen LogP contribution in [0.4, 0.5) is 10.2 Å². The minimum Gasteiger partial charge on any atom is -0.354 e. The number of hydrogen-bond acceptors (Lipinski definition) is 5. The summed E-state index contributed by atoms with van der Waals surface area (Å²) in [6.45, 7) is 4.40.